The molecule has 0 spiro atoms. The molecule has 0 aromatic heterocycles. The summed E-state index contributed by atoms with van der Waals surface area (Å²) >= 11 is 6.21. The zero-order chi connectivity index (χ0) is 23.7. The molecule has 32 heavy (non-hydrogen) atoms. The summed E-state index contributed by atoms with van der Waals surface area (Å²) in [6.07, 6.45) is 6.57. The first-order valence-electron chi connectivity index (χ1n) is 9.60. The number of halogens is 2. The van der Waals surface area contributed by atoms with Gasteiger partial charge in [0.15, 0.2) is 11.5 Å². The summed E-state index contributed by atoms with van der Waals surface area (Å²) in [7, 11) is 1.45. The predicted molar refractivity (Wildman–Crippen MR) is 121 cm³/mol. The third-order valence-electron chi connectivity index (χ3n) is 4.28. The van der Waals surface area contributed by atoms with Crippen molar-refractivity contribution in [2.45, 2.75) is 19.9 Å². The maximum atomic E-state index is 13.1. The van der Waals surface area contributed by atoms with Crippen molar-refractivity contribution >= 4 is 29.6 Å². The lowest BCUT2D eigenvalue weighted by atomic mass is 10.0. The fourth-order valence-corrected chi connectivity index (χ4v) is 2.94. The van der Waals surface area contributed by atoms with Crippen LogP contribution in [0.2, 0.25) is 5.02 Å². The van der Waals surface area contributed by atoms with E-state index in [1.807, 2.05) is 0 Å². The van der Waals surface area contributed by atoms with Crippen molar-refractivity contribution in [2.75, 3.05) is 13.7 Å². The first-order chi connectivity index (χ1) is 15.3. The number of hydrogen-bond donors (Lipinski definition) is 2. The van der Waals surface area contributed by atoms with Crippen LogP contribution in [0.5, 0.6) is 11.5 Å². The van der Waals surface area contributed by atoms with Crippen LogP contribution in [0.3, 0.4) is 0 Å². The molecule has 2 aromatic carbocycles. The number of benzene rings is 2. The second kappa shape index (κ2) is 11.7. The number of ether oxygens (including phenoxy) is 2. The molecule has 2 N–H and O–H groups in total. The first-order valence-corrected chi connectivity index (χ1v) is 9.97. The lowest BCUT2D eigenvalue weighted by molar-refractivity contribution is -0.123. The second-order valence-corrected chi connectivity index (χ2v) is 7.37. The first kappa shape index (κ1) is 24.7. The average Bonchev–Trinajstić information content (AvgIpc) is 2.76. The van der Waals surface area contributed by atoms with Crippen molar-refractivity contribution in [1.82, 2.24) is 10.7 Å². The maximum Gasteiger partial charge on any atom is 0.262 e. The Hall–Kier alpha value is -3.57. The molecule has 0 fully saturated rings. The minimum Gasteiger partial charge on any atom is -0.493 e. The SMILES string of the molecule is C#CCOc1c(Cl)cc(/C=N/NC(=O)C(NC(=O)c2ccc(F)cc2)C(C)C)cc1OC. The molecule has 0 bridgehead atoms. The van der Waals surface area contributed by atoms with Gasteiger partial charge in [0, 0.05) is 5.56 Å². The fourth-order valence-electron chi connectivity index (χ4n) is 2.67. The van der Waals surface area contributed by atoms with Gasteiger partial charge in [-0.1, -0.05) is 31.4 Å². The molecular formula is C23H23ClFN3O4. The molecule has 0 heterocycles. The van der Waals surface area contributed by atoms with Crippen molar-refractivity contribution in [3.05, 3.63) is 58.4 Å². The summed E-state index contributed by atoms with van der Waals surface area (Å²) in [6, 6.07) is 7.35. The molecule has 0 aliphatic heterocycles. The molecule has 2 aromatic rings. The van der Waals surface area contributed by atoms with E-state index in [1.165, 1.54) is 37.6 Å². The van der Waals surface area contributed by atoms with Crippen LogP contribution in [0.15, 0.2) is 41.5 Å². The molecule has 7 nitrogen and oxygen atoms in total. The average molecular weight is 460 g/mol. The van der Waals surface area contributed by atoms with Gasteiger partial charge >= 0.3 is 0 Å². The molecule has 1 atom stereocenters. The van der Waals surface area contributed by atoms with E-state index >= 15 is 0 Å². The Morgan fingerprint density at radius 1 is 1.28 bits per heavy atom. The van der Waals surface area contributed by atoms with E-state index in [1.54, 1.807) is 26.0 Å². The minimum absolute atomic E-state index is 0.0276. The van der Waals surface area contributed by atoms with Gasteiger partial charge in [-0.25, -0.2) is 9.82 Å². The van der Waals surface area contributed by atoms with E-state index in [2.05, 4.69) is 21.8 Å². The van der Waals surface area contributed by atoms with Gasteiger partial charge in [0.1, 0.15) is 18.5 Å². The van der Waals surface area contributed by atoms with E-state index in [-0.39, 0.29) is 23.1 Å². The van der Waals surface area contributed by atoms with Crippen molar-refractivity contribution in [1.29, 1.82) is 0 Å². The molecule has 2 amide bonds. The smallest absolute Gasteiger partial charge is 0.262 e. The summed E-state index contributed by atoms with van der Waals surface area (Å²) in [5.74, 6) is 1.31. The predicted octanol–water partition coefficient (Wildman–Crippen LogP) is 3.40. The molecule has 1 unspecified atom stereocenters. The summed E-state index contributed by atoms with van der Waals surface area (Å²) in [6.45, 7) is 3.58. The molecule has 0 aliphatic rings. The van der Waals surface area contributed by atoms with Crippen molar-refractivity contribution in [2.24, 2.45) is 11.0 Å². The van der Waals surface area contributed by atoms with Gasteiger partial charge in [0.25, 0.3) is 11.8 Å². The van der Waals surface area contributed by atoms with E-state index in [0.29, 0.717) is 17.1 Å². The third-order valence-corrected chi connectivity index (χ3v) is 4.56. The van der Waals surface area contributed by atoms with Gasteiger partial charge in [-0.3, -0.25) is 9.59 Å². The highest BCUT2D eigenvalue weighted by molar-refractivity contribution is 6.32. The fraction of sp³-hybridized carbons (Fsp3) is 0.261. The second-order valence-electron chi connectivity index (χ2n) is 6.96. The Balaban J connectivity index is 2.08. The normalized spacial score (nSPS) is 11.7. The lowest BCUT2D eigenvalue weighted by Crippen LogP contribution is -2.48. The highest BCUT2D eigenvalue weighted by Gasteiger charge is 2.24. The monoisotopic (exact) mass is 459 g/mol. The van der Waals surface area contributed by atoms with Crippen LogP contribution in [-0.2, 0) is 4.79 Å². The van der Waals surface area contributed by atoms with Crippen LogP contribution in [0, 0.1) is 24.1 Å². The highest BCUT2D eigenvalue weighted by Crippen LogP contribution is 2.35. The number of amides is 2. The summed E-state index contributed by atoms with van der Waals surface area (Å²) < 4.78 is 23.7. The number of carbonyl (C=O) groups excluding carboxylic acids is 2. The number of nitrogens with one attached hydrogen (secondary N) is 2. The van der Waals surface area contributed by atoms with Gasteiger partial charge in [-0.15, -0.1) is 6.42 Å². The molecule has 0 aliphatic carbocycles. The van der Waals surface area contributed by atoms with Crippen LogP contribution < -0.4 is 20.2 Å². The molecule has 9 heteroatoms. The maximum absolute atomic E-state index is 13.1. The Morgan fingerprint density at radius 3 is 2.56 bits per heavy atom. The zero-order valence-corrected chi connectivity index (χ0v) is 18.6. The van der Waals surface area contributed by atoms with Gasteiger partial charge in [-0.05, 0) is 47.9 Å². The van der Waals surface area contributed by atoms with Crippen molar-refractivity contribution in [3.63, 3.8) is 0 Å². The molecule has 0 radical (unpaired) electrons. The van der Waals surface area contributed by atoms with Crippen LogP contribution in [0.25, 0.3) is 0 Å². The summed E-state index contributed by atoms with van der Waals surface area (Å²) in [4.78, 5) is 24.9. The van der Waals surface area contributed by atoms with Gasteiger partial charge in [0.05, 0.1) is 18.3 Å². The van der Waals surface area contributed by atoms with Gasteiger partial charge in [-0.2, -0.15) is 5.10 Å². The number of methoxy groups -OCH3 is 1. The number of hydrogen-bond acceptors (Lipinski definition) is 5. The third kappa shape index (κ3) is 6.72. The summed E-state index contributed by atoms with van der Waals surface area (Å²) in [5.41, 5.74) is 3.18. The highest BCUT2D eigenvalue weighted by atomic mass is 35.5. The largest absolute Gasteiger partial charge is 0.493 e. The van der Waals surface area contributed by atoms with Crippen LogP contribution >= 0.6 is 11.6 Å². The van der Waals surface area contributed by atoms with Crippen LogP contribution in [-0.4, -0.2) is 37.8 Å². The van der Waals surface area contributed by atoms with Crippen molar-refractivity contribution in [3.8, 4) is 23.8 Å². The quantitative estimate of drug-likeness (QED) is 0.341. The molecule has 168 valence electrons. The number of rotatable bonds is 9. The van der Waals surface area contributed by atoms with Crippen molar-refractivity contribution < 1.29 is 23.5 Å². The molecule has 0 saturated heterocycles. The van der Waals surface area contributed by atoms with Crippen LogP contribution in [0.1, 0.15) is 29.8 Å². The Bertz CT molecular complexity index is 1030. The van der Waals surface area contributed by atoms with E-state index in [4.69, 9.17) is 27.5 Å². The van der Waals surface area contributed by atoms with Crippen LogP contribution in [0.4, 0.5) is 4.39 Å². The van der Waals surface area contributed by atoms with E-state index < -0.39 is 23.7 Å². The van der Waals surface area contributed by atoms with Gasteiger partial charge in [0.2, 0.25) is 0 Å². The molecule has 0 saturated carbocycles. The Kier molecular flexibility index (Phi) is 9.05. The molecule has 2 rings (SSSR count). The van der Waals surface area contributed by atoms with E-state index in [9.17, 15) is 14.0 Å². The topological polar surface area (TPSA) is 89.0 Å². The number of hydrazone groups is 1. The molecular weight excluding hydrogens is 437 g/mol. The number of terminal acetylenes is 1. The Morgan fingerprint density at radius 2 is 1.97 bits per heavy atom. The zero-order valence-electron chi connectivity index (χ0n) is 17.8. The lowest BCUT2D eigenvalue weighted by Gasteiger charge is -2.20. The number of carbonyl (C=O) groups is 2. The van der Waals surface area contributed by atoms with E-state index in [0.717, 1.165) is 0 Å². The standard InChI is InChI=1S/C23H23ClFN3O4/c1-5-10-32-21-18(24)11-15(12-19(21)31-4)13-26-28-23(30)20(14(2)3)27-22(29)16-6-8-17(25)9-7-16/h1,6-9,11-14,20H,10H2,2-4H3,(H,27,29)(H,28,30)/b26-13+. The Labute approximate surface area is 190 Å². The minimum atomic E-state index is -0.859. The van der Waals surface area contributed by atoms with Gasteiger partial charge < -0.3 is 14.8 Å². The number of nitrogens with zero attached hydrogens (tertiary/aromatic N) is 1. The summed E-state index contributed by atoms with van der Waals surface area (Å²) in [5, 5.41) is 6.83.